The standard InChI is InChI=1S/C37H58Br2OSi/c1-5-8-11-14-17-20-23-40-35-27-32-31-26-30(4)33(38)28-36(31)41(37(32)29-34(35)39,24-21-18-15-12-9-6-2)25-22-19-16-13-10-7-3/h26-29H,5-25H2,1-4H3. The maximum Gasteiger partial charge on any atom is 0.134 e. The van der Waals surface area contributed by atoms with Gasteiger partial charge in [0.2, 0.25) is 0 Å². The molecule has 0 bridgehead atoms. The van der Waals surface area contributed by atoms with Gasteiger partial charge in [0.1, 0.15) is 13.8 Å². The van der Waals surface area contributed by atoms with Crippen LogP contribution in [-0.2, 0) is 0 Å². The van der Waals surface area contributed by atoms with Crippen LogP contribution in [0.1, 0.15) is 142 Å². The summed E-state index contributed by atoms with van der Waals surface area (Å²) in [6, 6.07) is 12.7. The predicted molar refractivity (Wildman–Crippen MR) is 192 cm³/mol. The van der Waals surface area contributed by atoms with Crippen LogP contribution in [0, 0.1) is 6.92 Å². The van der Waals surface area contributed by atoms with Crippen molar-refractivity contribution < 1.29 is 4.74 Å². The zero-order valence-electron chi connectivity index (χ0n) is 26.8. The van der Waals surface area contributed by atoms with Gasteiger partial charge in [0.05, 0.1) is 11.1 Å². The molecular weight excluding hydrogens is 648 g/mol. The Morgan fingerprint density at radius 1 is 0.537 bits per heavy atom. The zero-order chi connectivity index (χ0) is 29.5. The number of hydrogen-bond donors (Lipinski definition) is 0. The lowest BCUT2D eigenvalue weighted by atomic mass is 10.0. The number of fused-ring (bicyclic) bond motifs is 3. The summed E-state index contributed by atoms with van der Waals surface area (Å²) in [6.07, 6.45) is 24.2. The third-order valence-corrected chi connectivity index (χ3v) is 16.1. The molecule has 0 radical (unpaired) electrons. The molecule has 0 saturated heterocycles. The highest BCUT2D eigenvalue weighted by molar-refractivity contribution is 9.10. The normalized spacial score (nSPS) is 13.4. The Hall–Kier alpha value is -0.583. The van der Waals surface area contributed by atoms with Gasteiger partial charge in [-0.2, -0.15) is 0 Å². The first-order valence-corrected chi connectivity index (χ1v) is 21.3. The van der Waals surface area contributed by atoms with Gasteiger partial charge in [0.25, 0.3) is 0 Å². The van der Waals surface area contributed by atoms with Crippen LogP contribution in [0.5, 0.6) is 5.75 Å². The highest BCUT2D eigenvalue weighted by Crippen LogP contribution is 2.41. The number of halogens is 2. The minimum absolute atomic E-state index is 0.813. The summed E-state index contributed by atoms with van der Waals surface area (Å²) in [6.45, 7) is 9.98. The smallest absolute Gasteiger partial charge is 0.134 e. The average molecular weight is 707 g/mol. The second-order valence-electron chi connectivity index (χ2n) is 12.7. The molecule has 2 aromatic carbocycles. The second-order valence-corrected chi connectivity index (χ2v) is 18.7. The Kier molecular flexibility index (Phi) is 16.1. The van der Waals surface area contributed by atoms with Crippen molar-refractivity contribution in [2.75, 3.05) is 6.61 Å². The van der Waals surface area contributed by atoms with Crippen molar-refractivity contribution in [2.45, 2.75) is 155 Å². The average Bonchev–Trinajstić information content (AvgIpc) is 3.20. The minimum atomic E-state index is -1.89. The van der Waals surface area contributed by atoms with E-state index in [-0.39, 0.29) is 0 Å². The van der Waals surface area contributed by atoms with Crippen LogP contribution in [0.25, 0.3) is 11.1 Å². The molecule has 41 heavy (non-hydrogen) atoms. The molecule has 0 saturated carbocycles. The number of benzene rings is 2. The zero-order valence-corrected chi connectivity index (χ0v) is 31.0. The molecule has 1 nitrogen and oxygen atoms in total. The van der Waals surface area contributed by atoms with Gasteiger partial charge in [-0.25, -0.2) is 0 Å². The van der Waals surface area contributed by atoms with Gasteiger partial charge in [-0.05, 0) is 86.6 Å². The molecule has 0 fully saturated rings. The monoisotopic (exact) mass is 704 g/mol. The van der Waals surface area contributed by atoms with Crippen molar-refractivity contribution in [3.05, 3.63) is 38.8 Å². The first kappa shape index (κ1) is 34.9. The van der Waals surface area contributed by atoms with E-state index in [9.17, 15) is 0 Å². The molecule has 4 heteroatoms. The molecule has 230 valence electrons. The molecule has 1 aliphatic rings. The summed E-state index contributed by atoms with van der Waals surface area (Å²) in [5, 5.41) is 3.36. The SMILES string of the molecule is CCCCCCCCOc1cc2c(cc1Br)[Si](CCCCCCCC)(CCCCCCCC)c1cc(Br)c(C)cc1-2. The Morgan fingerprint density at radius 3 is 1.51 bits per heavy atom. The van der Waals surface area contributed by atoms with E-state index < -0.39 is 8.07 Å². The molecule has 0 N–H and O–H groups in total. The van der Waals surface area contributed by atoms with E-state index in [1.54, 1.807) is 10.4 Å². The van der Waals surface area contributed by atoms with Crippen LogP contribution in [0.3, 0.4) is 0 Å². The number of unbranched alkanes of at least 4 members (excludes halogenated alkanes) is 15. The van der Waals surface area contributed by atoms with Gasteiger partial charge < -0.3 is 4.74 Å². The Bertz CT molecular complexity index is 1030. The molecule has 0 aromatic heterocycles. The quantitative estimate of drug-likeness (QED) is 0.0875. The number of hydrogen-bond acceptors (Lipinski definition) is 1. The van der Waals surface area contributed by atoms with Crippen LogP contribution < -0.4 is 15.1 Å². The molecule has 0 spiro atoms. The van der Waals surface area contributed by atoms with Crippen LogP contribution in [0.2, 0.25) is 12.1 Å². The molecule has 0 aliphatic carbocycles. The van der Waals surface area contributed by atoms with E-state index in [2.05, 4.69) is 83.8 Å². The summed E-state index contributed by atoms with van der Waals surface area (Å²) < 4.78 is 8.88. The molecular formula is C37H58Br2OSi. The van der Waals surface area contributed by atoms with E-state index >= 15 is 0 Å². The highest BCUT2D eigenvalue weighted by Gasteiger charge is 2.45. The van der Waals surface area contributed by atoms with Crippen LogP contribution in [-0.4, -0.2) is 14.7 Å². The van der Waals surface area contributed by atoms with Crippen molar-refractivity contribution in [1.29, 1.82) is 0 Å². The summed E-state index contributed by atoms with van der Waals surface area (Å²) in [4.78, 5) is 0. The van der Waals surface area contributed by atoms with Crippen LogP contribution in [0.15, 0.2) is 33.2 Å². The first-order chi connectivity index (χ1) is 20.0. The van der Waals surface area contributed by atoms with Crippen LogP contribution >= 0.6 is 31.9 Å². The fourth-order valence-corrected chi connectivity index (χ4v) is 13.7. The van der Waals surface area contributed by atoms with E-state index in [0.29, 0.717) is 0 Å². The van der Waals surface area contributed by atoms with Gasteiger partial charge in [0, 0.05) is 4.47 Å². The van der Waals surface area contributed by atoms with Gasteiger partial charge in [-0.15, -0.1) is 0 Å². The van der Waals surface area contributed by atoms with Gasteiger partial charge >= 0.3 is 0 Å². The maximum atomic E-state index is 6.44. The topological polar surface area (TPSA) is 9.23 Å². The largest absolute Gasteiger partial charge is 0.492 e. The molecule has 3 rings (SSSR count). The number of aryl methyl sites for hydroxylation is 1. The summed E-state index contributed by atoms with van der Waals surface area (Å²) in [5.41, 5.74) is 4.32. The van der Waals surface area contributed by atoms with Crippen molar-refractivity contribution in [3.63, 3.8) is 0 Å². The third-order valence-electron chi connectivity index (χ3n) is 9.36. The van der Waals surface area contributed by atoms with Crippen molar-refractivity contribution in [3.8, 4) is 16.9 Å². The van der Waals surface area contributed by atoms with E-state index in [1.807, 2.05) is 0 Å². The Labute approximate surface area is 271 Å². The predicted octanol–water partition coefficient (Wildman–Crippen LogP) is 12.5. The fourth-order valence-electron chi connectivity index (χ4n) is 6.87. The van der Waals surface area contributed by atoms with Crippen LogP contribution in [0.4, 0.5) is 0 Å². The molecule has 1 heterocycles. The number of rotatable bonds is 22. The molecule has 0 atom stereocenters. The molecule has 2 aromatic rings. The second kappa shape index (κ2) is 18.9. The van der Waals surface area contributed by atoms with Gasteiger partial charge in [-0.1, -0.05) is 152 Å². The summed E-state index contributed by atoms with van der Waals surface area (Å²) in [7, 11) is -1.89. The lowest BCUT2D eigenvalue weighted by Crippen LogP contribution is -2.55. The lowest BCUT2D eigenvalue weighted by molar-refractivity contribution is 0.303. The fraction of sp³-hybridized carbons (Fsp3) is 0.676. The Balaban J connectivity index is 1.87. The number of ether oxygens (including phenoxy) is 1. The maximum absolute atomic E-state index is 6.44. The summed E-state index contributed by atoms with van der Waals surface area (Å²) >= 11 is 7.93. The van der Waals surface area contributed by atoms with E-state index in [1.165, 1.54) is 142 Å². The Morgan fingerprint density at radius 2 is 0.976 bits per heavy atom. The van der Waals surface area contributed by atoms with E-state index in [0.717, 1.165) is 23.2 Å². The van der Waals surface area contributed by atoms with Gasteiger partial charge in [-0.3, -0.25) is 0 Å². The van der Waals surface area contributed by atoms with Gasteiger partial charge in [0.15, 0.2) is 0 Å². The van der Waals surface area contributed by atoms with Crippen molar-refractivity contribution in [2.24, 2.45) is 0 Å². The van der Waals surface area contributed by atoms with E-state index in [4.69, 9.17) is 4.74 Å². The highest BCUT2D eigenvalue weighted by atomic mass is 79.9. The van der Waals surface area contributed by atoms with Crippen molar-refractivity contribution in [1.82, 2.24) is 0 Å². The minimum Gasteiger partial charge on any atom is -0.492 e. The molecule has 0 unspecified atom stereocenters. The van der Waals surface area contributed by atoms with Crippen molar-refractivity contribution >= 4 is 50.3 Å². The first-order valence-electron chi connectivity index (χ1n) is 17.3. The molecule has 1 aliphatic heterocycles. The third kappa shape index (κ3) is 9.96. The summed E-state index contributed by atoms with van der Waals surface area (Å²) in [5.74, 6) is 1.03. The molecule has 0 amide bonds. The lowest BCUT2D eigenvalue weighted by Gasteiger charge is -2.31.